The normalized spacial score (nSPS) is 19.0. The first-order valence-corrected chi connectivity index (χ1v) is 13.1. The molecule has 31 heavy (non-hydrogen) atoms. The van der Waals surface area contributed by atoms with Crippen LogP contribution in [0.15, 0.2) is 48.5 Å². The van der Waals surface area contributed by atoms with E-state index in [4.69, 9.17) is 23.2 Å². The van der Waals surface area contributed by atoms with E-state index in [-0.39, 0.29) is 12.1 Å². The Labute approximate surface area is 196 Å². The summed E-state index contributed by atoms with van der Waals surface area (Å²) in [5.74, 6) is 0. The second-order valence-electron chi connectivity index (χ2n) is 8.24. The number of benzene rings is 2. The predicted octanol–water partition coefficient (Wildman–Crippen LogP) is 4.84. The van der Waals surface area contributed by atoms with Gasteiger partial charge in [-0.25, -0.2) is 4.72 Å². The van der Waals surface area contributed by atoms with Crippen LogP contribution in [0.1, 0.15) is 49.7 Å². The molecule has 0 radical (unpaired) electrons. The van der Waals surface area contributed by atoms with E-state index >= 15 is 0 Å². The maximum absolute atomic E-state index is 12.2. The molecule has 2 aromatic rings. The lowest BCUT2D eigenvalue weighted by molar-refractivity contribution is 0.308. The molecule has 3 N–H and O–H groups in total. The highest BCUT2D eigenvalue weighted by Gasteiger charge is 2.32. The monoisotopic (exact) mass is 483 g/mol. The Hall–Kier alpha value is -1.15. The largest absolute Gasteiger partial charge is 0.311 e. The van der Waals surface area contributed by atoms with Gasteiger partial charge in [-0.2, -0.15) is 13.1 Å². The van der Waals surface area contributed by atoms with Crippen molar-refractivity contribution in [2.75, 3.05) is 13.1 Å². The zero-order valence-electron chi connectivity index (χ0n) is 17.7. The van der Waals surface area contributed by atoms with E-state index in [1.807, 2.05) is 24.3 Å². The Morgan fingerprint density at radius 2 is 1.48 bits per heavy atom. The van der Waals surface area contributed by atoms with Gasteiger partial charge in [0.1, 0.15) is 0 Å². The van der Waals surface area contributed by atoms with E-state index < -0.39 is 10.2 Å². The second-order valence-corrected chi connectivity index (χ2v) is 10.7. The first-order chi connectivity index (χ1) is 14.9. The van der Waals surface area contributed by atoms with Crippen molar-refractivity contribution in [1.29, 1.82) is 0 Å². The molecular formula is C23H31Cl2N3O2S. The molecule has 0 saturated carbocycles. The minimum Gasteiger partial charge on any atom is -0.311 e. The summed E-state index contributed by atoms with van der Waals surface area (Å²) in [7, 11) is -3.53. The highest BCUT2D eigenvalue weighted by molar-refractivity contribution is 7.87. The highest BCUT2D eigenvalue weighted by Crippen LogP contribution is 2.30. The molecule has 0 unspecified atom stereocenters. The van der Waals surface area contributed by atoms with Crippen LogP contribution >= 0.6 is 23.2 Å². The summed E-state index contributed by atoms with van der Waals surface area (Å²) < 4.78 is 29.7. The Kier molecular flexibility index (Phi) is 9.19. The Balaban J connectivity index is 1.39. The molecule has 1 fully saturated rings. The van der Waals surface area contributed by atoms with Crippen LogP contribution < -0.4 is 14.8 Å². The Morgan fingerprint density at radius 1 is 0.871 bits per heavy atom. The molecule has 8 heteroatoms. The summed E-state index contributed by atoms with van der Waals surface area (Å²) in [6.45, 7) is 1.70. The third kappa shape index (κ3) is 8.37. The number of hydrogen-bond acceptors (Lipinski definition) is 3. The van der Waals surface area contributed by atoms with Gasteiger partial charge in [0.2, 0.25) is 0 Å². The average molecular weight is 484 g/mol. The average Bonchev–Trinajstić information content (AvgIpc) is 3.21. The maximum Gasteiger partial charge on any atom is 0.277 e. The topological polar surface area (TPSA) is 70.2 Å². The summed E-state index contributed by atoms with van der Waals surface area (Å²) in [5, 5.41) is 5.09. The van der Waals surface area contributed by atoms with Crippen LogP contribution in [0, 0.1) is 0 Å². The van der Waals surface area contributed by atoms with Crippen molar-refractivity contribution in [2.45, 2.75) is 57.0 Å². The molecule has 1 aliphatic rings. The summed E-state index contributed by atoms with van der Waals surface area (Å²) in [5.41, 5.74) is 2.29. The van der Waals surface area contributed by atoms with Crippen LogP contribution in [-0.2, 0) is 23.2 Å². The fraction of sp³-hybridized carbons (Fsp3) is 0.478. The molecule has 3 rings (SSSR count). The van der Waals surface area contributed by atoms with Gasteiger partial charge in [0, 0.05) is 28.7 Å². The quantitative estimate of drug-likeness (QED) is 0.378. The van der Waals surface area contributed by atoms with Crippen LogP contribution in [0.4, 0.5) is 0 Å². The minimum atomic E-state index is -3.53. The zero-order chi connectivity index (χ0) is 22.2. The van der Waals surface area contributed by atoms with Gasteiger partial charge in [0.15, 0.2) is 0 Å². The van der Waals surface area contributed by atoms with Crippen LogP contribution in [0.5, 0.6) is 0 Å². The van der Waals surface area contributed by atoms with Crippen molar-refractivity contribution >= 4 is 33.4 Å². The third-order valence-electron chi connectivity index (χ3n) is 5.87. The van der Waals surface area contributed by atoms with Crippen molar-refractivity contribution in [3.8, 4) is 0 Å². The number of halogens is 2. The van der Waals surface area contributed by atoms with Crippen molar-refractivity contribution in [2.24, 2.45) is 0 Å². The number of hydrogen-bond donors (Lipinski definition) is 3. The van der Waals surface area contributed by atoms with Gasteiger partial charge in [0.05, 0.1) is 0 Å². The summed E-state index contributed by atoms with van der Waals surface area (Å²) in [6, 6.07) is 15.2. The first-order valence-electron chi connectivity index (χ1n) is 10.8. The number of nitrogens with one attached hydrogen (secondary N) is 3. The molecule has 2 aromatic carbocycles. The molecule has 5 nitrogen and oxygen atoms in total. The predicted molar refractivity (Wildman–Crippen MR) is 129 cm³/mol. The maximum atomic E-state index is 12.2. The van der Waals surface area contributed by atoms with Crippen LogP contribution in [0.2, 0.25) is 10.0 Å². The lowest BCUT2D eigenvalue weighted by atomic mass is 9.85. The smallest absolute Gasteiger partial charge is 0.277 e. The summed E-state index contributed by atoms with van der Waals surface area (Å²) in [6.07, 6.45) is 7.32. The van der Waals surface area contributed by atoms with Crippen molar-refractivity contribution in [1.82, 2.24) is 14.8 Å². The van der Waals surface area contributed by atoms with Gasteiger partial charge >= 0.3 is 0 Å². The molecule has 1 saturated heterocycles. The Morgan fingerprint density at radius 3 is 2.10 bits per heavy atom. The lowest BCUT2D eigenvalue weighted by Crippen LogP contribution is -2.41. The molecule has 0 aliphatic carbocycles. The van der Waals surface area contributed by atoms with Crippen LogP contribution in [-0.4, -0.2) is 27.0 Å². The van der Waals surface area contributed by atoms with Gasteiger partial charge in [-0.1, -0.05) is 47.5 Å². The van der Waals surface area contributed by atoms with Gasteiger partial charge in [-0.05, 0) is 86.9 Å². The minimum absolute atomic E-state index is 0.120. The Bertz CT molecular complexity index is 913. The summed E-state index contributed by atoms with van der Waals surface area (Å²) in [4.78, 5) is 0. The summed E-state index contributed by atoms with van der Waals surface area (Å²) >= 11 is 11.8. The van der Waals surface area contributed by atoms with E-state index in [1.165, 1.54) is 12.0 Å². The standard InChI is InChI=1S/C23H31Cl2N3O2S/c24-21-9-5-19(6-10-21)4-1-13-23(14-2-16-26-23)15-3-17-27-31(29,30)28-18-20-7-11-22(25)12-8-20/h5-12,26-28H,1-4,13-18H2/t23-/m0/s1. The molecule has 1 atom stereocenters. The van der Waals surface area contributed by atoms with E-state index in [1.54, 1.807) is 12.1 Å². The zero-order valence-corrected chi connectivity index (χ0v) is 20.0. The van der Waals surface area contributed by atoms with E-state index in [9.17, 15) is 8.42 Å². The molecule has 0 bridgehead atoms. The fourth-order valence-electron chi connectivity index (χ4n) is 4.17. The number of rotatable bonds is 12. The van der Waals surface area contributed by atoms with Crippen LogP contribution in [0.25, 0.3) is 0 Å². The first kappa shape index (κ1) is 24.5. The van der Waals surface area contributed by atoms with Gasteiger partial charge in [0.25, 0.3) is 10.2 Å². The van der Waals surface area contributed by atoms with Crippen molar-refractivity contribution in [3.63, 3.8) is 0 Å². The molecule has 0 aromatic heterocycles. The molecule has 170 valence electrons. The molecule has 0 spiro atoms. The van der Waals surface area contributed by atoms with Crippen molar-refractivity contribution < 1.29 is 8.42 Å². The third-order valence-corrected chi connectivity index (χ3v) is 7.48. The van der Waals surface area contributed by atoms with E-state index in [0.29, 0.717) is 11.6 Å². The van der Waals surface area contributed by atoms with Gasteiger partial charge < -0.3 is 5.32 Å². The molecular weight excluding hydrogens is 453 g/mol. The second kappa shape index (κ2) is 11.6. The van der Waals surface area contributed by atoms with Crippen LogP contribution in [0.3, 0.4) is 0 Å². The molecule has 1 aliphatic heterocycles. The number of aryl methyl sites for hydroxylation is 1. The van der Waals surface area contributed by atoms with Crippen molar-refractivity contribution in [3.05, 3.63) is 69.7 Å². The van der Waals surface area contributed by atoms with E-state index in [2.05, 4.69) is 26.9 Å². The SMILES string of the molecule is O=S(=O)(NCCC[C@]1(CCCc2ccc(Cl)cc2)CCCN1)NCc1ccc(Cl)cc1. The van der Waals surface area contributed by atoms with Gasteiger partial charge in [-0.15, -0.1) is 0 Å². The van der Waals surface area contributed by atoms with E-state index in [0.717, 1.165) is 55.7 Å². The lowest BCUT2D eigenvalue weighted by Gasteiger charge is -2.30. The van der Waals surface area contributed by atoms with Gasteiger partial charge in [-0.3, -0.25) is 0 Å². The molecule has 1 heterocycles. The highest BCUT2D eigenvalue weighted by atomic mass is 35.5. The fourth-order valence-corrected chi connectivity index (χ4v) is 5.29. The molecule has 0 amide bonds.